The highest BCUT2D eigenvalue weighted by Crippen LogP contribution is 2.71. The molecular formula is C16H18. The summed E-state index contributed by atoms with van der Waals surface area (Å²) in [6.07, 6.45) is 6.19. The van der Waals surface area contributed by atoms with Crippen molar-refractivity contribution in [2.24, 2.45) is 23.7 Å². The molecule has 0 spiro atoms. The maximum Gasteiger partial charge on any atom is -0.0119 e. The van der Waals surface area contributed by atoms with Gasteiger partial charge in [0.1, 0.15) is 0 Å². The van der Waals surface area contributed by atoms with E-state index in [0.717, 1.165) is 35.5 Å². The van der Waals surface area contributed by atoms with E-state index in [1.807, 2.05) is 0 Å². The van der Waals surface area contributed by atoms with Crippen LogP contribution in [0, 0.1) is 23.7 Å². The van der Waals surface area contributed by atoms with Gasteiger partial charge in [0.15, 0.2) is 0 Å². The van der Waals surface area contributed by atoms with Crippen molar-refractivity contribution in [2.45, 2.75) is 37.5 Å². The summed E-state index contributed by atoms with van der Waals surface area (Å²) in [6, 6.07) is 9.34. The van der Waals surface area contributed by atoms with E-state index in [2.05, 4.69) is 24.3 Å². The molecule has 0 saturated heterocycles. The number of hydrogen-bond acceptors (Lipinski definition) is 0. The van der Waals surface area contributed by atoms with Gasteiger partial charge in [0.05, 0.1) is 0 Å². The van der Waals surface area contributed by atoms with E-state index in [4.69, 9.17) is 0 Å². The summed E-state index contributed by atoms with van der Waals surface area (Å²) in [5.74, 6) is 6.33. The van der Waals surface area contributed by atoms with Gasteiger partial charge >= 0.3 is 0 Å². The van der Waals surface area contributed by atoms with Crippen LogP contribution in [0.4, 0.5) is 0 Å². The van der Waals surface area contributed by atoms with E-state index in [1.165, 1.54) is 6.42 Å². The molecule has 82 valence electrons. The molecule has 3 fully saturated rings. The van der Waals surface area contributed by atoms with Crippen LogP contribution in [-0.4, -0.2) is 0 Å². The molecule has 0 heterocycles. The van der Waals surface area contributed by atoms with Crippen LogP contribution in [0.5, 0.6) is 0 Å². The zero-order valence-corrected chi connectivity index (χ0v) is 9.60. The molecule has 3 saturated carbocycles. The van der Waals surface area contributed by atoms with Gasteiger partial charge in [-0.1, -0.05) is 24.3 Å². The standard InChI is InChI=1S/C16H18/c1-2-4-12-11(3-1)13-8-14(12)16-10-6-5-9(7-10)15(13)16/h1-4,9-10,13-16H,5-8H2/t9-,10-,13-,14+,15-,16-/m1/s1. The highest BCUT2D eigenvalue weighted by atomic mass is 14.6. The summed E-state index contributed by atoms with van der Waals surface area (Å²) >= 11 is 0. The molecule has 6 atom stereocenters. The van der Waals surface area contributed by atoms with Gasteiger partial charge in [0.25, 0.3) is 0 Å². The Labute approximate surface area is 97.1 Å². The van der Waals surface area contributed by atoms with E-state index >= 15 is 0 Å². The van der Waals surface area contributed by atoms with Gasteiger partial charge in [-0.3, -0.25) is 0 Å². The Kier molecular flexibility index (Phi) is 1.33. The first-order valence-electron chi connectivity index (χ1n) is 7.02. The van der Waals surface area contributed by atoms with E-state index in [1.54, 1.807) is 30.4 Å². The lowest BCUT2D eigenvalue weighted by Crippen LogP contribution is -2.27. The Morgan fingerprint density at radius 3 is 1.88 bits per heavy atom. The van der Waals surface area contributed by atoms with Crippen LogP contribution in [0.15, 0.2) is 24.3 Å². The second-order valence-electron chi connectivity index (χ2n) is 6.57. The number of rotatable bonds is 0. The van der Waals surface area contributed by atoms with E-state index in [0.29, 0.717) is 0 Å². The Hall–Kier alpha value is -0.780. The fraction of sp³-hybridized carbons (Fsp3) is 0.625. The smallest absolute Gasteiger partial charge is 0.0119 e. The molecule has 4 aliphatic carbocycles. The lowest BCUT2D eigenvalue weighted by molar-refractivity contribution is 0.218. The van der Waals surface area contributed by atoms with Gasteiger partial charge in [-0.15, -0.1) is 0 Å². The normalized spacial score (nSPS) is 50.8. The molecule has 0 N–H and O–H groups in total. The molecule has 4 aliphatic rings. The zero-order chi connectivity index (χ0) is 10.3. The first-order chi connectivity index (χ1) is 7.93. The SMILES string of the molecule is c1ccc2c(c1)[C@H]1C[C@@H]2[C@H]2[C@@H]3CC[C@H](C3)[C@@H]21. The quantitative estimate of drug-likeness (QED) is 0.569. The van der Waals surface area contributed by atoms with E-state index in [9.17, 15) is 0 Å². The zero-order valence-electron chi connectivity index (χ0n) is 9.60. The Morgan fingerprint density at radius 1 is 0.750 bits per heavy atom. The molecule has 0 amide bonds. The molecule has 0 unspecified atom stereocenters. The topological polar surface area (TPSA) is 0 Å². The molecule has 4 bridgehead atoms. The van der Waals surface area contributed by atoms with Crippen LogP contribution in [0.3, 0.4) is 0 Å². The molecule has 0 radical (unpaired) electrons. The summed E-state index contributed by atoms with van der Waals surface area (Å²) in [5, 5.41) is 0. The monoisotopic (exact) mass is 210 g/mol. The fourth-order valence-corrected chi connectivity index (χ4v) is 6.02. The van der Waals surface area contributed by atoms with Crippen molar-refractivity contribution < 1.29 is 0 Å². The average molecular weight is 210 g/mol. The maximum absolute atomic E-state index is 2.42. The lowest BCUT2D eigenvalue weighted by atomic mass is 9.69. The number of fused-ring (bicyclic) bond motifs is 12. The van der Waals surface area contributed by atoms with Gasteiger partial charge in [-0.05, 0) is 72.3 Å². The number of benzene rings is 1. The van der Waals surface area contributed by atoms with Crippen LogP contribution in [0.2, 0.25) is 0 Å². The minimum atomic E-state index is 0.960. The van der Waals surface area contributed by atoms with Crippen molar-refractivity contribution in [1.29, 1.82) is 0 Å². The Bertz CT molecular complexity index is 420. The third-order valence-corrected chi connectivity index (χ3v) is 6.28. The van der Waals surface area contributed by atoms with Crippen molar-refractivity contribution in [1.82, 2.24) is 0 Å². The molecule has 0 aromatic heterocycles. The highest BCUT2D eigenvalue weighted by molar-refractivity contribution is 5.44. The Morgan fingerprint density at radius 2 is 1.31 bits per heavy atom. The van der Waals surface area contributed by atoms with Crippen LogP contribution in [0.25, 0.3) is 0 Å². The van der Waals surface area contributed by atoms with Gasteiger partial charge in [0, 0.05) is 0 Å². The molecule has 5 rings (SSSR count). The third-order valence-electron chi connectivity index (χ3n) is 6.28. The van der Waals surface area contributed by atoms with E-state index < -0.39 is 0 Å². The predicted molar refractivity (Wildman–Crippen MR) is 64.4 cm³/mol. The van der Waals surface area contributed by atoms with Crippen LogP contribution in [-0.2, 0) is 0 Å². The van der Waals surface area contributed by atoms with Gasteiger partial charge < -0.3 is 0 Å². The largest absolute Gasteiger partial charge is 0.0620 e. The second kappa shape index (κ2) is 2.55. The van der Waals surface area contributed by atoms with Crippen LogP contribution in [0.1, 0.15) is 48.6 Å². The lowest BCUT2D eigenvalue weighted by Gasteiger charge is -2.35. The molecule has 0 nitrogen and oxygen atoms in total. The predicted octanol–water partition coefficient (Wildman–Crippen LogP) is 3.93. The molecular weight excluding hydrogens is 192 g/mol. The van der Waals surface area contributed by atoms with Crippen molar-refractivity contribution in [3.05, 3.63) is 35.4 Å². The summed E-state index contributed by atoms with van der Waals surface area (Å²) in [4.78, 5) is 0. The van der Waals surface area contributed by atoms with Crippen molar-refractivity contribution in [2.75, 3.05) is 0 Å². The molecule has 16 heavy (non-hydrogen) atoms. The molecule has 0 aliphatic heterocycles. The average Bonchev–Trinajstić information content (AvgIpc) is 3.07. The fourth-order valence-electron chi connectivity index (χ4n) is 6.02. The Balaban J connectivity index is 1.71. The highest BCUT2D eigenvalue weighted by Gasteiger charge is 2.61. The third kappa shape index (κ3) is 0.752. The van der Waals surface area contributed by atoms with Crippen LogP contribution >= 0.6 is 0 Å². The molecule has 1 aromatic carbocycles. The van der Waals surface area contributed by atoms with Gasteiger partial charge in [-0.25, -0.2) is 0 Å². The first kappa shape index (κ1) is 8.33. The summed E-state index contributed by atoms with van der Waals surface area (Å²) in [6.45, 7) is 0. The maximum atomic E-state index is 2.42. The number of hydrogen-bond donors (Lipinski definition) is 0. The van der Waals surface area contributed by atoms with E-state index in [-0.39, 0.29) is 0 Å². The summed E-state index contributed by atoms with van der Waals surface area (Å²) < 4.78 is 0. The summed E-state index contributed by atoms with van der Waals surface area (Å²) in [5.41, 5.74) is 3.47. The first-order valence-corrected chi connectivity index (χ1v) is 7.02. The van der Waals surface area contributed by atoms with Gasteiger partial charge in [0.2, 0.25) is 0 Å². The van der Waals surface area contributed by atoms with Crippen LogP contribution < -0.4 is 0 Å². The summed E-state index contributed by atoms with van der Waals surface area (Å²) in [7, 11) is 0. The van der Waals surface area contributed by atoms with Crippen molar-refractivity contribution >= 4 is 0 Å². The minimum absolute atomic E-state index is 0.960. The van der Waals surface area contributed by atoms with Crippen molar-refractivity contribution in [3.8, 4) is 0 Å². The molecule has 1 aromatic rings. The minimum Gasteiger partial charge on any atom is -0.0620 e. The van der Waals surface area contributed by atoms with Crippen molar-refractivity contribution in [3.63, 3.8) is 0 Å². The van der Waals surface area contributed by atoms with Gasteiger partial charge in [-0.2, -0.15) is 0 Å². The second-order valence-corrected chi connectivity index (χ2v) is 6.57. The molecule has 0 heteroatoms.